The number of rotatable bonds is 5. The van der Waals surface area contributed by atoms with Gasteiger partial charge in [0.25, 0.3) is 0 Å². The van der Waals surface area contributed by atoms with Gasteiger partial charge in [0.2, 0.25) is 0 Å². The van der Waals surface area contributed by atoms with Crippen LogP contribution in [0.25, 0.3) is 0 Å². The van der Waals surface area contributed by atoms with Crippen LogP contribution >= 0.6 is 0 Å². The van der Waals surface area contributed by atoms with Crippen molar-refractivity contribution in [2.45, 2.75) is 51.2 Å². The molecule has 3 aliphatic rings. The topological polar surface area (TPSA) is 70.0 Å². The minimum atomic E-state index is -0.665. The lowest BCUT2D eigenvalue weighted by molar-refractivity contribution is -0.146. The van der Waals surface area contributed by atoms with Gasteiger partial charge in [-0.3, -0.25) is 4.79 Å². The molecule has 158 valence electrons. The molecule has 1 aliphatic heterocycles. The first-order valence-electron chi connectivity index (χ1n) is 10.8. The lowest BCUT2D eigenvalue weighted by Gasteiger charge is -2.50. The van der Waals surface area contributed by atoms with Crippen LogP contribution in [0.1, 0.15) is 50.7 Å². The van der Waals surface area contributed by atoms with Gasteiger partial charge < -0.3 is 19.8 Å². The van der Waals surface area contributed by atoms with Crippen LogP contribution < -0.4 is 0 Å². The Bertz CT molecular complexity index is 776. The monoisotopic (exact) mass is 399 g/mol. The van der Waals surface area contributed by atoms with Gasteiger partial charge in [0.05, 0.1) is 12.0 Å². The Morgan fingerprint density at radius 3 is 2.79 bits per heavy atom. The molecule has 0 amide bonds. The molecule has 0 bridgehead atoms. The van der Waals surface area contributed by atoms with Crippen molar-refractivity contribution in [3.05, 3.63) is 42.0 Å². The van der Waals surface area contributed by atoms with E-state index in [9.17, 15) is 15.0 Å². The van der Waals surface area contributed by atoms with Gasteiger partial charge in [-0.2, -0.15) is 0 Å². The number of ether oxygens (including phenoxy) is 1. The Kier molecular flexibility index (Phi) is 5.47. The number of aromatic hydroxyl groups is 1. The summed E-state index contributed by atoms with van der Waals surface area (Å²) in [7, 11) is 1.94. The van der Waals surface area contributed by atoms with Crippen molar-refractivity contribution in [2.75, 3.05) is 20.1 Å². The van der Waals surface area contributed by atoms with Gasteiger partial charge in [-0.25, -0.2) is 0 Å². The smallest absolute Gasteiger partial charge is 0.310 e. The van der Waals surface area contributed by atoms with Crippen LogP contribution in [0, 0.1) is 23.2 Å². The van der Waals surface area contributed by atoms with Crippen molar-refractivity contribution in [1.82, 2.24) is 4.90 Å². The first-order chi connectivity index (χ1) is 13.8. The number of hydrogen-bond acceptors (Lipinski definition) is 5. The summed E-state index contributed by atoms with van der Waals surface area (Å²) in [5.74, 6) is 0.684. The van der Waals surface area contributed by atoms with Gasteiger partial charge in [0.1, 0.15) is 11.9 Å². The summed E-state index contributed by atoms with van der Waals surface area (Å²) < 4.78 is 5.85. The molecule has 3 fully saturated rings. The molecule has 2 aliphatic carbocycles. The highest BCUT2D eigenvalue weighted by Gasteiger charge is 2.55. The summed E-state index contributed by atoms with van der Waals surface area (Å²) in [6, 6.07) is 6.61. The maximum absolute atomic E-state index is 12.7. The van der Waals surface area contributed by atoms with Crippen LogP contribution in [0.4, 0.5) is 0 Å². The number of likely N-dealkylation sites (N-methyl/N-ethyl adjacent to an activating group) is 1. The maximum Gasteiger partial charge on any atom is 0.310 e. The lowest BCUT2D eigenvalue weighted by Crippen LogP contribution is -2.45. The van der Waals surface area contributed by atoms with Gasteiger partial charge in [-0.15, -0.1) is 0 Å². The van der Waals surface area contributed by atoms with Crippen molar-refractivity contribution in [1.29, 1.82) is 0 Å². The van der Waals surface area contributed by atoms with Crippen LogP contribution in [0.5, 0.6) is 5.75 Å². The van der Waals surface area contributed by atoms with E-state index in [1.807, 2.05) is 11.9 Å². The highest BCUT2D eigenvalue weighted by Crippen LogP contribution is 2.56. The Hall–Kier alpha value is -1.85. The Morgan fingerprint density at radius 1 is 1.34 bits per heavy atom. The van der Waals surface area contributed by atoms with E-state index < -0.39 is 6.10 Å². The summed E-state index contributed by atoms with van der Waals surface area (Å²) in [4.78, 5) is 14.7. The summed E-state index contributed by atoms with van der Waals surface area (Å²) >= 11 is 0. The number of esters is 1. The van der Waals surface area contributed by atoms with Crippen LogP contribution in [-0.4, -0.2) is 47.3 Å². The molecule has 0 aromatic heterocycles. The predicted octanol–water partition coefficient (Wildman–Crippen LogP) is 3.67. The van der Waals surface area contributed by atoms with E-state index in [1.54, 1.807) is 24.3 Å². The minimum Gasteiger partial charge on any atom is -0.508 e. The van der Waals surface area contributed by atoms with Gasteiger partial charge in [-0.05, 0) is 68.2 Å². The summed E-state index contributed by atoms with van der Waals surface area (Å²) in [6.07, 6.45) is 4.79. The zero-order valence-electron chi connectivity index (χ0n) is 17.5. The molecule has 29 heavy (non-hydrogen) atoms. The summed E-state index contributed by atoms with van der Waals surface area (Å²) in [5, 5.41) is 19.9. The minimum absolute atomic E-state index is 0.0232. The number of phenols is 1. The molecule has 5 nitrogen and oxygen atoms in total. The molecule has 2 N–H and O–H groups in total. The predicted molar refractivity (Wildman–Crippen MR) is 111 cm³/mol. The van der Waals surface area contributed by atoms with Crippen molar-refractivity contribution in [3.8, 4) is 5.75 Å². The number of aliphatic hydroxyl groups is 1. The zero-order chi connectivity index (χ0) is 20.8. The fraction of sp³-hybridized carbons (Fsp3) is 0.625. The first-order valence-corrected chi connectivity index (χ1v) is 10.8. The van der Waals surface area contributed by atoms with Gasteiger partial charge in [0.15, 0.2) is 0 Å². The van der Waals surface area contributed by atoms with Crippen molar-refractivity contribution >= 4 is 5.97 Å². The average molecular weight is 400 g/mol. The van der Waals surface area contributed by atoms with Gasteiger partial charge in [-0.1, -0.05) is 31.2 Å². The Balaban J connectivity index is 1.41. The number of aliphatic hydroxyl groups excluding tert-OH is 1. The van der Waals surface area contributed by atoms with E-state index in [4.69, 9.17) is 4.74 Å². The van der Waals surface area contributed by atoms with Gasteiger partial charge in [0, 0.05) is 19.0 Å². The molecule has 1 aromatic carbocycles. The van der Waals surface area contributed by atoms with Crippen molar-refractivity contribution < 1.29 is 19.7 Å². The molecule has 0 radical (unpaired) electrons. The van der Waals surface area contributed by atoms with E-state index in [-0.39, 0.29) is 35.1 Å². The standard InChI is InChI=1S/C24H33NO4/c1-15-5-4-10-24(2)12-22-18(11-20(15)24)19(23(28)29-22)13-25(3)14-21(27)16-6-8-17(26)9-7-16/h6-9,18-22,26-27H,1,4-5,10-14H2,2-3H3. The second-order valence-electron chi connectivity index (χ2n) is 9.73. The van der Waals surface area contributed by atoms with Crippen LogP contribution in [0.2, 0.25) is 0 Å². The van der Waals surface area contributed by atoms with Crippen molar-refractivity contribution in [3.63, 3.8) is 0 Å². The van der Waals surface area contributed by atoms with Crippen LogP contribution in [-0.2, 0) is 9.53 Å². The van der Waals surface area contributed by atoms with E-state index >= 15 is 0 Å². The second kappa shape index (κ2) is 7.77. The normalized spacial score (nSPS) is 35.2. The number of benzene rings is 1. The van der Waals surface area contributed by atoms with Crippen LogP contribution in [0.3, 0.4) is 0 Å². The Labute approximate surface area is 173 Å². The molecular weight excluding hydrogens is 366 g/mol. The molecular formula is C24H33NO4. The SMILES string of the molecule is C=C1CCCC2(C)CC3OC(=O)C(CN(C)CC(O)c4ccc(O)cc4)C3CC12. The third-order valence-electron chi connectivity index (χ3n) is 7.59. The average Bonchev–Trinajstić information content (AvgIpc) is 2.94. The number of fused-ring (bicyclic) bond motifs is 2. The van der Waals surface area contributed by atoms with Crippen LogP contribution in [0.15, 0.2) is 36.4 Å². The number of hydrogen-bond donors (Lipinski definition) is 2. The van der Waals surface area contributed by atoms with Crippen molar-refractivity contribution in [2.24, 2.45) is 23.2 Å². The van der Waals surface area contributed by atoms with Gasteiger partial charge >= 0.3 is 5.97 Å². The molecule has 5 heteroatoms. The molecule has 6 unspecified atom stereocenters. The maximum atomic E-state index is 12.7. The summed E-state index contributed by atoms with van der Waals surface area (Å²) in [5.41, 5.74) is 2.33. The molecule has 1 saturated heterocycles. The largest absolute Gasteiger partial charge is 0.508 e. The number of allylic oxidation sites excluding steroid dienone is 1. The van der Waals surface area contributed by atoms with E-state index in [0.717, 1.165) is 24.8 Å². The number of carbonyl (C=O) groups excluding carboxylic acids is 1. The quantitative estimate of drug-likeness (QED) is 0.584. The van der Waals surface area contributed by atoms with E-state index in [2.05, 4.69) is 13.5 Å². The molecule has 1 heterocycles. The molecule has 2 saturated carbocycles. The molecule has 0 spiro atoms. The first kappa shape index (κ1) is 20.4. The second-order valence-corrected chi connectivity index (χ2v) is 9.73. The number of nitrogens with zero attached hydrogens (tertiary/aromatic N) is 1. The number of carbonyl (C=O) groups is 1. The third kappa shape index (κ3) is 3.95. The zero-order valence-corrected chi connectivity index (χ0v) is 17.5. The third-order valence-corrected chi connectivity index (χ3v) is 7.59. The fourth-order valence-electron chi connectivity index (χ4n) is 5.97. The molecule has 6 atom stereocenters. The lowest BCUT2D eigenvalue weighted by atomic mass is 9.55. The van der Waals surface area contributed by atoms with E-state index in [0.29, 0.717) is 19.0 Å². The fourth-order valence-corrected chi connectivity index (χ4v) is 5.97. The van der Waals surface area contributed by atoms with E-state index in [1.165, 1.54) is 18.4 Å². The Morgan fingerprint density at radius 2 is 2.07 bits per heavy atom. The highest BCUT2D eigenvalue weighted by molar-refractivity contribution is 5.75. The number of phenolic OH excluding ortho intramolecular Hbond substituents is 1. The molecule has 1 aromatic rings. The highest BCUT2D eigenvalue weighted by atomic mass is 16.6. The molecule has 4 rings (SSSR count). The summed E-state index contributed by atoms with van der Waals surface area (Å²) in [6.45, 7) is 7.72.